The molecule has 0 aromatic heterocycles. The highest BCUT2D eigenvalue weighted by Gasteiger charge is 2.26. The summed E-state index contributed by atoms with van der Waals surface area (Å²) in [5.74, 6) is -4.22. The average molecular weight is 338 g/mol. The van der Waals surface area contributed by atoms with Crippen molar-refractivity contribution in [3.05, 3.63) is 34.6 Å². The van der Waals surface area contributed by atoms with Crippen molar-refractivity contribution in [3.8, 4) is 0 Å². The van der Waals surface area contributed by atoms with E-state index in [2.05, 4.69) is 0 Å². The van der Waals surface area contributed by atoms with Crippen LogP contribution in [0, 0.1) is 5.82 Å². The summed E-state index contributed by atoms with van der Waals surface area (Å²) in [5, 5.41) is 11.0. The number of rotatable bonds is 6. The van der Waals surface area contributed by atoms with Crippen molar-refractivity contribution in [2.75, 3.05) is 5.75 Å². The number of carboxylic acids is 1. The van der Waals surface area contributed by atoms with Crippen LogP contribution in [-0.4, -0.2) is 37.2 Å². The minimum Gasteiger partial charge on any atom is -0.480 e. The molecule has 0 bridgehead atoms. The second-order valence-corrected chi connectivity index (χ2v) is 6.90. The minimum absolute atomic E-state index is 0.0311. The van der Waals surface area contributed by atoms with Gasteiger partial charge in [-0.05, 0) is 23.8 Å². The topological polar surface area (TPSA) is 101 Å². The molecule has 0 aliphatic carbocycles. The summed E-state index contributed by atoms with van der Waals surface area (Å²) in [7, 11) is -3.91. The Morgan fingerprint density at radius 2 is 2.05 bits per heavy atom. The number of hydrogen-bond acceptors (Lipinski definition) is 4. The zero-order valence-corrected chi connectivity index (χ0v) is 12.5. The molecule has 9 heteroatoms. The first-order valence-corrected chi connectivity index (χ1v) is 7.95. The Bertz CT molecular complexity index is 662. The molecule has 0 saturated carbocycles. The molecule has 1 aromatic carbocycles. The van der Waals surface area contributed by atoms with E-state index < -0.39 is 45.1 Å². The number of benzene rings is 1. The molecule has 0 aliphatic rings. The monoisotopic (exact) mass is 337 g/mol. The van der Waals surface area contributed by atoms with Gasteiger partial charge in [-0.3, -0.25) is 4.79 Å². The van der Waals surface area contributed by atoms with E-state index in [0.29, 0.717) is 0 Å². The number of carbonyl (C=O) groups is 2. The van der Waals surface area contributed by atoms with E-state index in [1.807, 2.05) is 5.32 Å². The van der Waals surface area contributed by atoms with Gasteiger partial charge in [-0.25, -0.2) is 17.6 Å². The van der Waals surface area contributed by atoms with Gasteiger partial charge in [-0.1, -0.05) is 11.6 Å². The van der Waals surface area contributed by atoms with E-state index in [1.54, 1.807) is 0 Å². The number of halogens is 2. The maximum Gasteiger partial charge on any atom is 0.327 e. The van der Waals surface area contributed by atoms with Crippen LogP contribution in [0.2, 0.25) is 5.02 Å². The Morgan fingerprint density at radius 3 is 2.57 bits per heavy atom. The Balaban J connectivity index is 2.92. The summed E-state index contributed by atoms with van der Waals surface area (Å²) in [6.07, 6.45) is 0. The van der Waals surface area contributed by atoms with Crippen LogP contribution in [0.1, 0.15) is 12.5 Å². The van der Waals surface area contributed by atoms with Crippen molar-refractivity contribution in [2.45, 2.75) is 18.7 Å². The van der Waals surface area contributed by atoms with Crippen molar-refractivity contribution >= 4 is 33.3 Å². The predicted molar refractivity (Wildman–Crippen MR) is 74.1 cm³/mol. The first-order chi connectivity index (χ1) is 9.60. The Labute approximate surface area is 125 Å². The van der Waals surface area contributed by atoms with Gasteiger partial charge in [-0.15, -0.1) is 0 Å². The fraction of sp³-hybridized carbons (Fsp3) is 0.333. The SMILES string of the molecule is CC(=O)NC(CS(=O)(=O)Cc1cc(F)ccc1Cl)C(=O)O. The zero-order valence-electron chi connectivity index (χ0n) is 11.0. The Kier molecular flexibility index (Phi) is 5.68. The van der Waals surface area contributed by atoms with Crippen molar-refractivity contribution in [1.82, 2.24) is 5.32 Å². The minimum atomic E-state index is -3.91. The van der Waals surface area contributed by atoms with Gasteiger partial charge < -0.3 is 10.4 Å². The third-order valence-corrected chi connectivity index (χ3v) is 4.44. The van der Waals surface area contributed by atoms with Gasteiger partial charge in [0.2, 0.25) is 5.91 Å². The smallest absolute Gasteiger partial charge is 0.327 e. The summed E-state index contributed by atoms with van der Waals surface area (Å²) in [4.78, 5) is 21.8. The van der Waals surface area contributed by atoms with Crippen molar-refractivity contribution in [1.29, 1.82) is 0 Å². The molecule has 116 valence electrons. The first kappa shape index (κ1) is 17.4. The van der Waals surface area contributed by atoms with Crippen LogP contribution < -0.4 is 5.32 Å². The van der Waals surface area contributed by atoms with Crippen LogP contribution >= 0.6 is 11.6 Å². The summed E-state index contributed by atoms with van der Waals surface area (Å²) in [6, 6.07) is 1.69. The van der Waals surface area contributed by atoms with Crippen LogP contribution in [0.4, 0.5) is 4.39 Å². The highest BCUT2D eigenvalue weighted by atomic mass is 35.5. The standard InChI is InChI=1S/C12H13ClFNO5S/c1-7(16)15-11(12(17)18)6-21(19,20)5-8-4-9(14)2-3-10(8)13/h2-4,11H,5-6H2,1H3,(H,15,16)(H,17,18). The maximum absolute atomic E-state index is 13.1. The highest BCUT2D eigenvalue weighted by molar-refractivity contribution is 7.90. The fourth-order valence-corrected chi connectivity index (χ4v) is 3.45. The van der Waals surface area contributed by atoms with Crippen molar-refractivity contribution in [2.24, 2.45) is 0 Å². The summed E-state index contributed by atoms with van der Waals surface area (Å²) in [6.45, 7) is 1.08. The lowest BCUT2D eigenvalue weighted by Gasteiger charge is -2.14. The molecule has 1 amide bonds. The van der Waals surface area contributed by atoms with Crippen LogP contribution in [0.15, 0.2) is 18.2 Å². The second kappa shape index (κ2) is 6.86. The van der Waals surface area contributed by atoms with Gasteiger partial charge in [0.1, 0.15) is 11.9 Å². The van der Waals surface area contributed by atoms with Crippen LogP contribution in [0.3, 0.4) is 0 Å². The van der Waals surface area contributed by atoms with Gasteiger partial charge in [-0.2, -0.15) is 0 Å². The van der Waals surface area contributed by atoms with Gasteiger partial charge in [0, 0.05) is 11.9 Å². The number of carboxylic acid groups (broad SMARTS) is 1. The number of carbonyl (C=O) groups excluding carboxylic acids is 1. The quantitative estimate of drug-likeness (QED) is 0.806. The second-order valence-electron chi connectivity index (χ2n) is 4.38. The molecule has 0 fully saturated rings. The lowest BCUT2D eigenvalue weighted by molar-refractivity contribution is -0.140. The molecule has 0 spiro atoms. The third-order valence-electron chi connectivity index (χ3n) is 2.48. The van der Waals surface area contributed by atoms with E-state index in [-0.39, 0.29) is 10.6 Å². The van der Waals surface area contributed by atoms with Crippen LogP contribution in [0.5, 0.6) is 0 Å². The van der Waals surface area contributed by atoms with E-state index >= 15 is 0 Å². The summed E-state index contributed by atoms with van der Waals surface area (Å²) >= 11 is 5.77. The largest absolute Gasteiger partial charge is 0.480 e. The maximum atomic E-state index is 13.1. The summed E-state index contributed by atoms with van der Waals surface area (Å²) in [5.41, 5.74) is 0.0311. The lowest BCUT2D eigenvalue weighted by atomic mass is 10.2. The molecular formula is C12H13ClFNO5S. The number of hydrogen-bond donors (Lipinski definition) is 2. The van der Waals surface area contributed by atoms with Gasteiger partial charge in [0.05, 0.1) is 11.5 Å². The molecule has 0 aliphatic heterocycles. The molecule has 1 unspecified atom stereocenters. The number of amides is 1. The predicted octanol–water partition coefficient (Wildman–Crippen LogP) is 0.983. The molecule has 1 aromatic rings. The van der Waals surface area contributed by atoms with E-state index in [0.717, 1.165) is 19.1 Å². The van der Waals surface area contributed by atoms with Gasteiger partial charge in [0.15, 0.2) is 9.84 Å². The fourth-order valence-electron chi connectivity index (χ4n) is 1.62. The molecule has 6 nitrogen and oxygen atoms in total. The Hall–Kier alpha value is -1.67. The Morgan fingerprint density at radius 1 is 1.43 bits per heavy atom. The van der Waals surface area contributed by atoms with E-state index in [9.17, 15) is 22.4 Å². The normalized spacial score (nSPS) is 12.7. The molecule has 0 saturated heterocycles. The first-order valence-electron chi connectivity index (χ1n) is 5.75. The molecule has 1 rings (SSSR count). The van der Waals surface area contributed by atoms with Crippen LogP contribution in [0.25, 0.3) is 0 Å². The molecule has 1 atom stereocenters. The van der Waals surface area contributed by atoms with E-state index in [4.69, 9.17) is 16.7 Å². The molecular weight excluding hydrogens is 325 g/mol. The van der Waals surface area contributed by atoms with Gasteiger partial charge >= 0.3 is 5.97 Å². The zero-order chi connectivity index (χ0) is 16.2. The summed E-state index contributed by atoms with van der Waals surface area (Å²) < 4.78 is 37.0. The molecule has 21 heavy (non-hydrogen) atoms. The number of sulfone groups is 1. The molecule has 2 N–H and O–H groups in total. The third kappa shape index (κ3) is 5.68. The number of aliphatic carboxylic acids is 1. The van der Waals surface area contributed by atoms with Gasteiger partial charge in [0.25, 0.3) is 0 Å². The lowest BCUT2D eigenvalue weighted by Crippen LogP contribution is -2.44. The average Bonchev–Trinajstić information content (AvgIpc) is 2.31. The van der Waals surface area contributed by atoms with Crippen molar-refractivity contribution in [3.63, 3.8) is 0 Å². The highest BCUT2D eigenvalue weighted by Crippen LogP contribution is 2.20. The molecule has 0 radical (unpaired) electrons. The van der Waals surface area contributed by atoms with Crippen LogP contribution in [-0.2, 0) is 25.2 Å². The van der Waals surface area contributed by atoms with E-state index in [1.165, 1.54) is 6.07 Å². The molecule has 0 heterocycles. The number of nitrogens with one attached hydrogen (secondary N) is 1. The van der Waals surface area contributed by atoms with Crippen molar-refractivity contribution < 1.29 is 27.5 Å².